The molecule has 0 atom stereocenters. The van der Waals surface area contributed by atoms with Crippen molar-refractivity contribution in [1.29, 1.82) is 0 Å². The van der Waals surface area contributed by atoms with Crippen molar-refractivity contribution >= 4 is 27.3 Å². The van der Waals surface area contributed by atoms with Crippen LogP contribution in [0.2, 0.25) is 0 Å². The number of benzene rings is 3. The molecule has 0 aliphatic heterocycles. The van der Waals surface area contributed by atoms with Crippen LogP contribution in [0.4, 0.5) is 0 Å². The van der Waals surface area contributed by atoms with Crippen LogP contribution in [0.5, 0.6) is 0 Å². The zero-order valence-electron chi connectivity index (χ0n) is 30.5. The Hall–Kier alpha value is -2.81. The van der Waals surface area contributed by atoms with Gasteiger partial charge < -0.3 is 10.1 Å². The number of hydrogen-bond acceptors (Lipinski definition) is 3. The van der Waals surface area contributed by atoms with Gasteiger partial charge in [0.15, 0.2) is 5.78 Å². The normalized spacial score (nSPS) is 11.9. The monoisotopic (exact) mass is 813 g/mol. The van der Waals surface area contributed by atoms with Crippen LogP contribution in [0.3, 0.4) is 0 Å². The largest absolute Gasteiger partial charge is 0.512 e. The van der Waals surface area contributed by atoms with Crippen molar-refractivity contribution in [3.05, 3.63) is 89.3 Å². The smallest absolute Gasteiger partial charge is 0.162 e. The van der Waals surface area contributed by atoms with Crippen molar-refractivity contribution in [1.82, 2.24) is 4.98 Å². The molecule has 0 saturated carbocycles. The Morgan fingerprint density at radius 1 is 0.766 bits per heavy atom. The van der Waals surface area contributed by atoms with Crippen molar-refractivity contribution in [2.45, 2.75) is 114 Å². The van der Waals surface area contributed by atoms with Gasteiger partial charge in [-0.1, -0.05) is 99.6 Å². The Kier molecular flexibility index (Phi) is 16.5. The number of fused-ring (bicyclic) bond motifs is 3. The first kappa shape index (κ1) is 40.4. The van der Waals surface area contributed by atoms with Gasteiger partial charge in [0.25, 0.3) is 0 Å². The van der Waals surface area contributed by atoms with Gasteiger partial charge in [-0.3, -0.25) is 4.79 Å². The SMILES string of the molecule is CC(C)Cc1[c-]c(-c2nccc3c2ccc2ccc(C(C)C)cc23)cc(CC(C)C)c1.CCC(CC)C(=O)/C=C(\O)C(CC)CC.[Ir]. The maximum Gasteiger partial charge on any atom is 0.162 e. The summed E-state index contributed by atoms with van der Waals surface area (Å²) in [7, 11) is 0. The Morgan fingerprint density at radius 3 is 1.96 bits per heavy atom. The number of hydrogen-bond donors (Lipinski definition) is 1. The summed E-state index contributed by atoms with van der Waals surface area (Å²) >= 11 is 0. The van der Waals surface area contributed by atoms with E-state index in [-0.39, 0.29) is 43.5 Å². The van der Waals surface area contributed by atoms with E-state index >= 15 is 0 Å². The van der Waals surface area contributed by atoms with E-state index in [0.29, 0.717) is 17.8 Å². The molecule has 3 nitrogen and oxygen atoms in total. The van der Waals surface area contributed by atoms with Crippen LogP contribution in [0.25, 0.3) is 32.8 Å². The molecule has 47 heavy (non-hydrogen) atoms. The molecule has 257 valence electrons. The molecule has 1 aromatic heterocycles. The van der Waals surface area contributed by atoms with Crippen molar-refractivity contribution < 1.29 is 30.0 Å². The van der Waals surface area contributed by atoms with Gasteiger partial charge in [-0.25, -0.2) is 0 Å². The predicted molar refractivity (Wildman–Crippen MR) is 199 cm³/mol. The molecule has 4 rings (SSSR count). The summed E-state index contributed by atoms with van der Waals surface area (Å²) in [5.74, 6) is 2.30. The Bertz CT molecular complexity index is 1580. The van der Waals surface area contributed by atoms with E-state index in [4.69, 9.17) is 4.98 Å². The van der Waals surface area contributed by atoms with Crippen LogP contribution in [-0.4, -0.2) is 15.9 Å². The van der Waals surface area contributed by atoms with Gasteiger partial charge >= 0.3 is 0 Å². The topological polar surface area (TPSA) is 50.2 Å². The van der Waals surface area contributed by atoms with E-state index in [0.717, 1.165) is 49.8 Å². The quantitative estimate of drug-likeness (QED) is 0.0633. The number of aliphatic hydroxyl groups is 1. The minimum Gasteiger partial charge on any atom is -0.512 e. The van der Waals surface area contributed by atoms with Gasteiger partial charge in [0.2, 0.25) is 0 Å². The summed E-state index contributed by atoms with van der Waals surface area (Å²) in [4.78, 5) is 16.6. The minimum atomic E-state index is 0. The number of ketones is 1. The molecule has 3 aromatic carbocycles. The summed E-state index contributed by atoms with van der Waals surface area (Å²) in [5, 5.41) is 14.8. The number of aromatic nitrogens is 1. The van der Waals surface area contributed by atoms with Gasteiger partial charge in [-0.05, 0) is 95.1 Å². The molecule has 0 aliphatic rings. The number of allylic oxidation sites excluding steroid dienone is 2. The molecular weight excluding hydrogens is 755 g/mol. The molecular formula is C43H58IrNO2-. The third-order valence-corrected chi connectivity index (χ3v) is 9.05. The summed E-state index contributed by atoms with van der Waals surface area (Å²) in [6, 6.07) is 21.9. The molecule has 0 spiro atoms. The van der Waals surface area contributed by atoms with E-state index < -0.39 is 0 Å². The molecule has 0 fully saturated rings. The fraction of sp³-hybridized carbons (Fsp3) is 0.488. The van der Waals surface area contributed by atoms with Crippen LogP contribution < -0.4 is 0 Å². The Balaban J connectivity index is 0.000000410. The minimum absolute atomic E-state index is 0. The number of aliphatic hydroxyl groups excluding tert-OH is 1. The molecule has 1 radical (unpaired) electrons. The van der Waals surface area contributed by atoms with Crippen molar-refractivity contribution in [3.8, 4) is 11.3 Å². The molecule has 4 heteroatoms. The molecule has 0 bridgehead atoms. The molecule has 4 aromatic rings. The third kappa shape index (κ3) is 11.1. The van der Waals surface area contributed by atoms with Crippen LogP contribution in [0.15, 0.2) is 66.6 Å². The Labute approximate surface area is 299 Å². The van der Waals surface area contributed by atoms with Crippen molar-refractivity contribution in [3.63, 3.8) is 0 Å². The molecule has 1 heterocycles. The number of carbonyl (C=O) groups is 1. The molecule has 0 saturated heterocycles. The standard InChI is InChI=1S/C30H34N.C13H24O2.Ir/c1-19(2)13-22-15-23(14-20(3)4)17-26(16-22)30-28-10-9-24-7-8-25(21(5)6)18-29(24)27(28)11-12-31-30;1-5-10(6-2)12(14)9-13(15)11(7-3)8-4;/h7-12,15-16,18-21H,13-14H2,1-6H3;9-11,14H,5-8H2,1-4H3;/q-1;;/b;12-9-;. The zero-order valence-corrected chi connectivity index (χ0v) is 32.9. The molecule has 0 amide bonds. The summed E-state index contributed by atoms with van der Waals surface area (Å²) in [6.45, 7) is 21.7. The number of nitrogens with zero attached hydrogens (tertiary/aromatic N) is 1. The third-order valence-electron chi connectivity index (χ3n) is 9.05. The zero-order chi connectivity index (χ0) is 34.0. The molecule has 1 N–H and O–H groups in total. The van der Waals surface area contributed by atoms with Gasteiger partial charge in [0, 0.05) is 44.2 Å². The summed E-state index contributed by atoms with van der Waals surface area (Å²) < 4.78 is 0. The van der Waals surface area contributed by atoms with Gasteiger partial charge in [0.05, 0.1) is 5.76 Å². The molecule has 0 unspecified atom stereocenters. The fourth-order valence-corrected chi connectivity index (χ4v) is 6.32. The number of rotatable bonds is 13. The second kappa shape index (κ2) is 19.3. The van der Waals surface area contributed by atoms with Crippen molar-refractivity contribution in [2.24, 2.45) is 23.7 Å². The average molecular weight is 813 g/mol. The first-order chi connectivity index (χ1) is 21.9. The van der Waals surface area contributed by atoms with E-state index in [1.807, 2.05) is 33.9 Å². The molecule has 0 aliphatic carbocycles. The Morgan fingerprint density at radius 2 is 1.38 bits per heavy atom. The summed E-state index contributed by atoms with van der Waals surface area (Å²) in [5.41, 5.74) is 6.23. The second-order valence-electron chi connectivity index (χ2n) is 14.1. The van der Waals surface area contributed by atoms with E-state index in [9.17, 15) is 9.90 Å². The second-order valence-corrected chi connectivity index (χ2v) is 14.1. The number of carbonyl (C=O) groups excluding carboxylic acids is 1. The average Bonchev–Trinajstić information content (AvgIpc) is 3.01. The number of pyridine rings is 1. The van der Waals surface area contributed by atoms with Gasteiger partial charge in [0.1, 0.15) is 0 Å². The van der Waals surface area contributed by atoms with E-state index in [1.165, 1.54) is 44.3 Å². The van der Waals surface area contributed by atoms with Gasteiger partial charge in [-0.15, -0.1) is 34.9 Å². The van der Waals surface area contributed by atoms with Crippen LogP contribution in [0, 0.1) is 29.7 Å². The predicted octanol–water partition coefficient (Wildman–Crippen LogP) is 12.2. The van der Waals surface area contributed by atoms with Crippen LogP contribution >= 0.6 is 0 Å². The summed E-state index contributed by atoms with van der Waals surface area (Å²) in [6.07, 6.45) is 9.00. The van der Waals surface area contributed by atoms with Crippen molar-refractivity contribution in [2.75, 3.05) is 0 Å². The first-order valence-corrected chi connectivity index (χ1v) is 17.7. The van der Waals surface area contributed by atoms with Gasteiger partial charge in [-0.2, -0.15) is 0 Å². The van der Waals surface area contributed by atoms with E-state index in [2.05, 4.69) is 96.1 Å². The van der Waals surface area contributed by atoms with Crippen LogP contribution in [-0.2, 0) is 37.7 Å². The maximum atomic E-state index is 11.7. The van der Waals surface area contributed by atoms with E-state index in [1.54, 1.807) is 0 Å². The first-order valence-electron chi connectivity index (χ1n) is 17.7. The fourth-order valence-electron chi connectivity index (χ4n) is 6.32. The van der Waals surface area contributed by atoms with Crippen LogP contribution in [0.1, 0.15) is 118 Å². The maximum absolute atomic E-state index is 11.7.